The van der Waals surface area contributed by atoms with Crippen molar-refractivity contribution in [1.29, 1.82) is 0 Å². The minimum atomic E-state index is 0.910. The SMILES string of the molecule is c1ccc2c(c1)oc1ccc3nc(-n4c5ccccc5c5cc6c(cc54)sc4ccccc46)sc3c12. The van der Waals surface area contributed by atoms with Crippen molar-refractivity contribution in [2.75, 3.05) is 0 Å². The largest absolute Gasteiger partial charge is 0.456 e. The summed E-state index contributed by atoms with van der Waals surface area (Å²) in [6.45, 7) is 0. The number of benzene rings is 5. The van der Waals surface area contributed by atoms with Crippen molar-refractivity contribution in [2.24, 2.45) is 0 Å². The van der Waals surface area contributed by atoms with E-state index in [-0.39, 0.29) is 0 Å². The number of para-hydroxylation sites is 2. The van der Waals surface area contributed by atoms with Crippen LogP contribution in [0.15, 0.2) is 101 Å². The maximum atomic E-state index is 6.15. The Kier molecular flexibility index (Phi) is 3.56. The van der Waals surface area contributed by atoms with E-state index in [2.05, 4.69) is 83.4 Å². The van der Waals surface area contributed by atoms with Gasteiger partial charge in [-0.15, -0.1) is 11.3 Å². The predicted molar refractivity (Wildman–Crippen MR) is 154 cm³/mol. The van der Waals surface area contributed by atoms with Crippen molar-refractivity contribution >= 4 is 96.8 Å². The lowest BCUT2D eigenvalue weighted by Crippen LogP contribution is -1.92. The standard InChI is InChI=1S/C31H16N2OS2/c1-4-10-23-17(7-1)20-15-21-18-8-3-6-12-27(18)35-28(21)16-24(20)33(23)31-32-22-13-14-26-29(30(22)36-31)19-9-2-5-11-25(19)34-26/h1-16H. The van der Waals surface area contributed by atoms with Gasteiger partial charge in [0, 0.05) is 41.7 Å². The lowest BCUT2D eigenvalue weighted by molar-refractivity contribution is 0.669. The Hall–Kier alpha value is -4.19. The second kappa shape index (κ2) is 6.72. The predicted octanol–water partition coefficient (Wildman–Crippen LogP) is 9.66. The molecule has 0 saturated carbocycles. The van der Waals surface area contributed by atoms with Crippen molar-refractivity contribution in [2.45, 2.75) is 0 Å². The number of hydrogen-bond donors (Lipinski definition) is 0. The van der Waals surface area contributed by atoms with E-state index < -0.39 is 0 Å². The Morgan fingerprint density at radius 3 is 2.33 bits per heavy atom. The summed E-state index contributed by atoms with van der Waals surface area (Å²) in [6.07, 6.45) is 0. The van der Waals surface area contributed by atoms with E-state index in [1.54, 1.807) is 11.3 Å². The van der Waals surface area contributed by atoms with Gasteiger partial charge in [0.1, 0.15) is 11.2 Å². The van der Waals surface area contributed by atoms with Crippen LogP contribution in [-0.4, -0.2) is 9.55 Å². The lowest BCUT2D eigenvalue weighted by atomic mass is 10.1. The molecule has 9 aromatic rings. The summed E-state index contributed by atoms with van der Waals surface area (Å²) in [4.78, 5) is 5.16. The minimum absolute atomic E-state index is 0.910. The topological polar surface area (TPSA) is 31.0 Å². The number of hydrogen-bond acceptors (Lipinski definition) is 4. The van der Waals surface area contributed by atoms with Crippen LogP contribution in [-0.2, 0) is 0 Å². The van der Waals surface area contributed by atoms with Crippen LogP contribution in [0.4, 0.5) is 0 Å². The molecule has 0 aliphatic carbocycles. The Bertz CT molecular complexity index is 2330. The number of thiazole rings is 1. The normalized spacial score (nSPS) is 12.4. The number of rotatable bonds is 1. The molecule has 0 aliphatic heterocycles. The van der Waals surface area contributed by atoms with E-state index in [9.17, 15) is 0 Å². The molecule has 168 valence electrons. The highest BCUT2D eigenvalue weighted by Gasteiger charge is 2.19. The molecular weight excluding hydrogens is 480 g/mol. The molecule has 0 bridgehead atoms. The molecule has 0 unspecified atom stereocenters. The van der Waals surface area contributed by atoms with Crippen molar-refractivity contribution < 1.29 is 4.42 Å². The average molecular weight is 497 g/mol. The van der Waals surface area contributed by atoms with Gasteiger partial charge in [-0.05, 0) is 42.5 Å². The molecular formula is C31H16N2OS2. The summed E-state index contributed by atoms with van der Waals surface area (Å²) in [7, 11) is 0. The van der Waals surface area contributed by atoms with E-state index in [1.807, 2.05) is 29.5 Å². The maximum Gasteiger partial charge on any atom is 0.195 e. The molecule has 0 aliphatic rings. The average Bonchev–Trinajstić information content (AvgIpc) is 3.66. The lowest BCUT2D eigenvalue weighted by Gasteiger charge is -2.02. The third-order valence-corrected chi connectivity index (χ3v) is 9.45. The van der Waals surface area contributed by atoms with Gasteiger partial charge in [0.15, 0.2) is 5.13 Å². The van der Waals surface area contributed by atoms with Crippen LogP contribution in [0, 0.1) is 0 Å². The van der Waals surface area contributed by atoms with E-state index >= 15 is 0 Å². The van der Waals surface area contributed by atoms with Gasteiger partial charge in [-0.1, -0.05) is 65.9 Å². The first-order valence-electron chi connectivity index (χ1n) is 11.9. The van der Waals surface area contributed by atoms with Crippen molar-refractivity contribution in [3.05, 3.63) is 97.1 Å². The Labute approximate surface area is 212 Å². The molecule has 4 heterocycles. The Morgan fingerprint density at radius 2 is 1.39 bits per heavy atom. The van der Waals surface area contributed by atoms with Gasteiger partial charge < -0.3 is 4.42 Å². The second-order valence-corrected chi connectivity index (χ2v) is 11.3. The number of aromatic nitrogens is 2. The fraction of sp³-hybridized carbons (Fsp3) is 0. The monoisotopic (exact) mass is 496 g/mol. The highest BCUT2D eigenvalue weighted by atomic mass is 32.1. The van der Waals surface area contributed by atoms with Crippen molar-refractivity contribution in [3.63, 3.8) is 0 Å². The van der Waals surface area contributed by atoms with E-state index in [0.717, 1.165) is 32.6 Å². The molecule has 5 aromatic carbocycles. The fourth-order valence-corrected chi connectivity index (χ4v) is 7.94. The second-order valence-electron chi connectivity index (χ2n) is 9.20. The molecule has 0 atom stereocenters. The molecule has 0 fully saturated rings. The van der Waals surface area contributed by atoms with Gasteiger partial charge in [0.25, 0.3) is 0 Å². The molecule has 0 radical (unpaired) electrons. The fourth-order valence-electron chi connectivity index (χ4n) is 5.67. The molecule has 5 heteroatoms. The first-order chi connectivity index (χ1) is 17.8. The van der Waals surface area contributed by atoms with Crippen LogP contribution < -0.4 is 0 Å². The van der Waals surface area contributed by atoms with Crippen LogP contribution in [0.1, 0.15) is 0 Å². The van der Waals surface area contributed by atoms with Gasteiger partial charge >= 0.3 is 0 Å². The molecule has 9 rings (SSSR count). The zero-order valence-corrected chi connectivity index (χ0v) is 20.5. The van der Waals surface area contributed by atoms with Crippen molar-refractivity contribution in [3.8, 4) is 5.13 Å². The zero-order chi connectivity index (χ0) is 23.4. The van der Waals surface area contributed by atoms with Crippen LogP contribution >= 0.6 is 22.7 Å². The number of furan rings is 1. The smallest absolute Gasteiger partial charge is 0.195 e. The summed E-state index contributed by atoms with van der Waals surface area (Å²) in [6, 6.07) is 34.5. The summed E-state index contributed by atoms with van der Waals surface area (Å²) < 4.78 is 12.3. The van der Waals surface area contributed by atoms with Crippen LogP contribution in [0.2, 0.25) is 0 Å². The molecule has 36 heavy (non-hydrogen) atoms. The summed E-state index contributed by atoms with van der Waals surface area (Å²) in [5.41, 5.74) is 5.21. The molecule has 0 saturated heterocycles. The van der Waals surface area contributed by atoms with Crippen LogP contribution in [0.3, 0.4) is 0 Å². The quantitative estimate of drug-likeness (QED) is 0.226. The third-order valence-electron chi connectivity index (χ3n) is 7.25. The molecule has 0 N–H and O–H groups in total. The van der Waals surface area contributed by atoms with Gasteiger partial charge in [0.05, 0.1) is 21.3 Å². The minimum Gasteiger partial charge on any atom is -0.456 e. The van der Waals surface area contributed by atoms with E-state index in [0.29, 0.717) is 0 Å². The molecule has 0 spiro atoms. The third kappa shape index (κ3) is 2.39. The summed E-state index contributed by atoms with van der Waals surface area (Å²) >= 11 is 3.60. The number of nitrogens with zero attached hydrogens (tertiary/aromatic N) is 2. The molecule has 3 nitrogen and oxygen atoms in total. The molecule has 4 aromatic heterocycles. The van der Waals surface area contributed by atoms with Gasteiger partial charge in [-0.2, -0.15) is 0 Å². The summed E-state index contributed by atoms with van der Waals surface area (Å²) in [5.74, 6) is 0. The number of fused-ring (bicyclic) bond motifs is 11. The summed E-state index contributed by atoms with van der Waals surface area (Å²) in [5, 5.41) is 8.44. The first-order valence-corrected chi connectivity index (χ1v) is 13.5. The van der Waals surface area contributed by atoms with Gasteiger partial charge in [-0.25, -0.2) is 4.98 Å². The van der Waals surface area contributed by atoms with Gasteiger partial charge in [0.2, 0.25) is 0 Å². The van der Waals surface area contributed by atoms with E-state index in [4.69, 9.17) is 9.40 Å². The zero-order valence-electron chi connectivity index (χ0n) is 18.9. The first kappa shape index (κ1) is 19.1. The Balaban J connectivity index is 1.42. The van der Waals surface area contributed by atoms with Gasteiger partial charge in [-0.3, -0.25) is 4.57 Å². The highest BCUT2D eigenvalue weighted by Crippen LogP contribution is 2.43. The van der Waals surface area contributed by atoms with E-state index in [1.165, 1.54) is 46.7 Å². The maximum absolute atomic E-state index is 6.15. The highest BCUT2D eigenvalue weighted by molar-refractivity contribution is 7.26. The van der Waals surface area contributed by atoms with Crippen molar-refractivity contribution in [1.82, 2.24) is 9.55 Å². The van der Waals surface area contributed by atoms with Crippen LogP contribution in [0.25, 0.3) is 79.3 Å². The van der Waals surface area contributed by atoms with Crippen LogP contribution in [0.5, 0.6) is 0 Å². The molecule has 0 amide bonds. The number of thiophene rings is 1. The Morgan fingerprint density at radius 1 is 0.583 bits per heavy atom.